The number of carbonyl (C=O) groups is 1. The van der Waals surface area contributed by atoms with Gasteiger partial charge in [0.1, 0.15) is 23.7 Å². The molecule has 1 aliphatic carbocycles. The van der Waals surface area contributed by atoms with Gasteiger partial charge in [-0.2, -0.15) is 0 Å². The van der Waals surface area contributed by atoms with Crippen LogP contribution in [0.3, 0.4) is 0 Å². The molecule has 1 saturated carbocycles. The van der Waals surface area contributed by atoms with Crippen LogP contribution in [0.25, 0.3) is 0 Å². The van der Waals surface area contributed by atoms with Gasteiger partial charge in [-0.1, -0.05) is 0 Å². The van der Waals surface area contributed by atoms with E-state index in [1.54, 1.807) is 13.4 Å². The second-order valence-corrected chi connectivity index (χ2v) is 7.93. The minimum absolute atomic E-state index is 0.0733. The van der Waals surface area contributed by atoms with Crippen molar-refractivity contribution in [2.45, 2.75) is 44.6 Å². The Morgan fingerprint density at radius 2 is 1.90 bits per heavy atom. The summed E-state index contributed by atoms with van der Waals surface area (Å²) in [7, 11) is 1.63. The minimum Gasteiger partial charge on any atom is -0.497 e. The summed E-state index contributed by atoms with van der Waals surface area (Å²) in [5.41, 5.74) is 0.810. The van der Waals surface area contributed by atoms with E-state index in [0.717, 1.165) is 55.4 Å². The van der Waals surface area contributed by atoms with E-state index in [1.165, 1.54) is 12.8 Å². The summed E-state index contributed by atoms with van der Waals surface area (Å²) in [4.78, 5) is 23.3. The fourth-order valence-electron chi connectivity index (χ4n) is 3.72. The van der Waals surface area contributed by atoms with Gasteiger partial charge in [0.25, 0.3) is 0 Å². The maximum absolute atomic E-state index is 12.2. The molecule has 4 rings (SSSR count). The van der Waals surface area contributed by atoms with E-state index in [2.05, 4.69) is 31.6 Å². The van der Waals surface area contributed by atoms with E-state index in [1.807, 2.05) is 24.3 Å². The quantitative estimate of drug-likeness (QED) is 0.710. The first-order chi connectivity index (χ1) is 14.2. The maximum Gasteiger partial charge on any atom is 0.224 e. The Kier molecular flexibility index (Phi) is 6.12. The predicted octanol–water partition coefficient (Wildman–Crippen LogP) is 3.69. The Morgan fingerprint density at radius 1 is 1.14 bits per heavy atom. The third-order valence-corrected chi connectivity index (χ3v) is 5.67. The molecule has 0 atom stereocenters. The molecule has 0 radical (unpaired) electrons. The number of nitrogens with zero attached hydrogens (tertiary/aromatic N) is 3. The number of aromatic nitrogens is 2. The number of amides is 1. The van der Waals surface area contributed by atoms with E-state index in [-0.39, 0.29) is 5.91 Å². The molecule has 7 nitrogen and oxygen atoms in total. The van der Waals surface area contributed by atoms with Gasteiger partial charge in [0, 0.05) is 37.3 Å². The molecule has 1 amide bonds. The van der Waals surface area contributed by atoms with Gasteiger partial charge in [-0.05, 0) is 62.3 Å². The molecule has 0 spiro atoms. The fraction of sp³-hybridized carbons (Fsp3) is 0.500. The SMILES string of the molecule is COc1ccc(NC(=O)CCC2CCN(c3cc(NC4CC4)ncn3)CC2)cc1. The van der Waals surface area contributed by atoms with Crippen LogP contribution in [-0.4, -0.2) is 42.1 Å². The molecule has 2 aromatic rings. The molecule has 1 aromatic heterocycles. The second kappa shape index (κ2) is 9.11. The topological polar surface area (TPSA) is 79.4 Å². The number of hydrogen-bond acceptors (Lipinski definition) is 6. The van der Waals surface area contributed by atoms with Crippen LogP contribution in [0.2, 0.25) is 0 Å². The zero-order valence-electron chi connectivity index (χ0n) is 16.9. The molecular weight excluding hydrogens is 366 g/mol. The van der Waals surface area contributed by atoms with E-state index in [4.69, 9.17) is 4.74 Å². The number of anilines is 3. The fourth-order valence-corrected chi connectivity index (χ4v) is 3.72. The Balaban J connectivity index is 1.20. The van der Waals surface area contributed by atoms with Crippen LogP contribution in [0.15, 0.2) is 36.7 Å². The molecule has 2 heterocycles. The van der Waals surface area contributed by atoms with Crippen LogP contribution in [0.4, 0.5) is 17.3 Å². The smallest absolute Gasteiger partial charge is 0.224 e. The van der Waals surface area contributed by atoms with Crippen molar-refractivity contribution in [2.75, 3.05) is 35.7 Å². The third-order valence-electron chi connectivity index (χ3n) is 5.67. The average Bonchev–Trinajstić information content (AvgIpc) is 3.57. The maximum atomic E-state index is 12.2. The van der Waals surface area contributed by atoms with Crippen LogP contribution in [0, 0.1) is 5.92 Å². The van der Waals surface area contributed by atoms with Gasteiger partial charge in [0.2, 0.25) is 5.91 Å². The predicted molar refractivity (Wildman–Crippen MR) is 114 cm³/mol. The number of ether oxygens (including phenoxy) is 1. The van der Waals surface area contributed by atoms with Gasteiger partial charge < -0.3 is 20.3 Å². The van der Waals surface area contributed by atoms with Gasteiger partial charge in [-0.25, -0.2) is 9.97 Å². The minimum atomic E-state index is 0.0733. The number of rotatable bonds is 8. The standard InChI is InChI=1S/C22H29N5O2/c1-29-19-7-5-18(6-8-19)26-22(28)9-2-16-10-12-27(13-11-16)21-14-20(23-15-24-21)25-17-3-4-17/h5-8,14-17H,2-4,9-13H2,1H3,(H,26,28)(H,23,24,25). The van der Waals surface area contributed by atoms with Crippen molar-refractivity contribution in [1.29, 1.82) is 0 Å². The molecule has 1 aromatic carbocycles. The van der Waals surface area contributed by atoms with Gasteiger partial charge >= 0.3 is 0 Å². The molecule has 2 aliphatic rings. The Bertz CT molecular complexity index is 814. The Hall–Kier alpha value is -2.83. The number of hydrogen-bond donors (Lipinski definition) is 2. The largest absolute Gasteiger partial charge is 0.497 e. The highest BCUT2D eigenvalue weighted by molar-refractivity contribution is 5.90. The monoisotopic (exact) mass is 395 g/mol. The summed E-state index contributed by atoms with van der Waals surface area (Å²) >= 11 is 0. The molecule has 0 bridgehead atoms. The summed E-state index contributed by atoms with van der Waals surface area (Å²) in [5, 5.41) is 6.40. The number of nitrogens with one attached hydrogen (secondary N) is 2. The summed E-state index contributed by atoms with van der Waals surface area (Å²) in [6.07, 6.45) is 7.77. The summed E-state index contributed by atoms with van der Waals surface area (Å²) in [6.45, 7) is 1.95. The molecule has 1 aliphatic heterocycles. The van der Waals surface area contributed by atoms with Crippen molar-refractivity contribution < 1.29 is 9.53 Å². The van der Waals surface area contributed by atoms with Crippen molar-refractivity contribution in [3.63, 3.8) is 0 Å². The molecule has 0 unspecified atom stereocenters. The first-order valence-electron chi connectivity index (χ1n) is 10.5. The first-order valence-corrected chi connectivity index (χ1v) is 10.5. The van der Waals surface area contributed by atoms with Crippen LogP contribution >= 0.6 is 0 Å². The van der Waals surface area contributed by atoms with E-state index in [9.17, 15) is 4.79 Å². The van der Waals surface area contributed by atoms with Crippen molar-refractivity contribution in [2.24, 2.45) is 5.92 Å². The lowest BCUT2D eigenvalue weighted by Crippen LogP contribution is -2.34. The van der Waals surface area contributed by atoms with Gasteiger partial charge in [-0.3, -0.25) is 4.79 Å². The molecule has 29 heavy (non-hydrogen) atoms. The lowest BCUT2D eigenvalue weighted by molar-refractivity contribution is -0.116. The average molecular weight is 396 g/mol. The molecular formula is C22H29N5O2. The highest BCUT2D eigenvalue weighted by Gasteiger charge is 2.23. The van der Waals surface area contributed by atoms with Crippen molar-refractivity contribution >= 4 is 23.2 Å². The first kappa shape index (κ1) is 19.5. The van der Waals surface area contributed by atoms with Gasteiger partial charge in [-0.15, -0.1) is 0 Å². The molecule has 154 valence electrons. The van der Waals surface area contributed by atoms with Crippen LogP contribution in [-0.2, 0) is 4.79 Å². The third kappa shape index (κ3) is 5.59. The zero-order chi connectivity index (χ0) is 20.1. The highest BCUT2D eigenvalue weighted by Crippen LogP contribution is 2.28. The zero-order valence-corrected chi connectivity index (χ0v) is 16.9. The van der Waals surface area contributed by atoms with Gasteiger partial charge in [0.15, 0.2) is 0 Å². The molecule has 7 heteroatoms. The van der Waals surface area contributed by atoms with Crippen LogP contribution in [0.5, 0.6) is 5.75 Å². The van der Waals surface area contributed by atoms with E-state index >= 15 is 0 Å². The van der Waals surface area contributed by atoms with Crippen LogP contribution in [0.1, 0.15) is 38.5 Å². The number of methoxy groups -OCH3 is 1. The number of carbonyl (C=O) groups excluding carboxylic acids is 1. The lowest BCUT2D eigenvalue weighted by Gasteiger charge is -2.32. The summed E-state index contributed by atoms with van der Waals surface area (Å²) < 4.78 is 5.14. The second-order valence-electron chi connectivity index (χ2n) is 7.93. The van der Waals surface area contributed by atoms with E-state index < -0.39 is 0 Å². The van der Waals surface area contributed by atoms with Crippen molar-refractivity contribution in [1.82, 2.24) is 9.97 Å². The molecule has 2 fully saturated rings. The van der Waals surface area contributed by atoms with Crippen LogP contribution < -0.4 is 20.3 Å². The lowest BCUT2D eigenvalue weighted by atomic mass is 9.92. The van der Waals surface area contributed by atoms with E-state index in [0.29, 0.717) is 18.4 Å². The summed E-state index contributed by atoms with van der Waals surface area (Å²) in [6, 6.07) is 10.1. The highest BCUT2D eigenvalue weighted by atomic mass is 16.5. The van der Waals surface area contributed by atoms with Gasteiger partial charge in [0.05, 0.1) is 7.11 Å². The molecule has 1 saturated heterocycles. The van der Waals surface area contributed by atoms with Crippen molar-refractivity contribution in [3.8, 4) is 5.75 Å². The normalized spacial score (nSPS) is 17.1. The molecule has 2 N–H and O–H groups in total. The number of piperidine rings is 1. The Morgan fingerprint density at radius 3 is 2.59 bits per heavy atom. The summed E-state index contributed by atoms with van der Waals surface area (Å²) in [5.74, 6) is 3.37. The van der Waals surface area contributed by atoms with Crippen molar-refractivity contribution in [3.05, 3.63) is 36.7 Å². The Labute approximate surface area is 171 Å². The number of benzene rings is 1.